The fourth-order valence-electron chi connectivity index (χ4n) is 2.25. The van der Waals surface area contributed by atoms with E-state index in [1.54, 1.807) is 25.3 Å². The molecule has 1 aromatic carbocycles. The maximum absolute atomic E-state index is 12.2. The van der Waals surface area contributed by atoms with Gasteiger partial charge in [0.15, 0.2) is 0 Å². The fraction of sp³-hybridized carbons (Fsp3) is 0.500. The maximum atomic E-state index is 12.2. The van der Waals surface area contributed by atoms with Crippen molar-refractivity contribution in [2.45, 2.75) is 25.8 Å². The Bertz CT molecular complexity index is 459. The van der Waals surface area contributed by atoms with Gasteiger partial charge in [0.25, 0.3) is 0 Å². The minimum absolute atomic E-state index is 0.122. The molecule has 1 N–H and O–H groups in total. The van der Waals surface area contributed by atoms with Gasteiger partial charge >= 0.3 is 0 Å². The first-order valence-electron chi connectivity index (χ1n) is 6.50. The van der Waals surface area contributed by atoms with Crippen LogP contribution < -0.4 is 10.1 Å². The molecule has 0 bridgehead atoms. The summed E-state index contributed by atoms with van der Waals surface area (Å²) in [6, 6.07) is 5.06. The zero-order chi connectivity index (χ0) is 13.8. The zero-order valence-corrected chi connectivity index (χ0v) is 12.0. The monoisotopic (exact) mass is 282 g/mol. The van der Waals surface area contributed by atoms with E-state index in [1.165, 1.54) is 0 Å². The molecular formula is C14H19ClN2O2. The predicted molar refractivity (Wildman–Crippen MR) is 76.9 cm³/mol. The van der Waals surface area contributed by atoms with Crippen molar-refractivity contribution in [3.63, 3.8) is 0 Å². The van der Waals surface area contributed by atoms with Crippen LogP contribution in [0.5, 0.6) is 5.75 Å². The maximum Gasteiger partial charge on any atom is 0.244 e. The van der Waals surface area contributed by atoms with Gasteiger partial charge in [-0.15, -0.1) is 0 Å². The highest BCUT2D eigenvalue weighted by atomic mass is 35.5. The number of halogens is 1. The number of likely N-dealkylation sites (tertiary alicyclic amines) is 1. The number of nitrogens with zero attached hydrogens (tertiary/aromatic N) is 1. The number of carbonyl (C=O) groups is 1. The van der Waals surface area contributed by atoms with Crippen molar-refractivity contribution < 1.29 is 9.53 Å². The van der Waals surface area contributed by atoms with E-state index in [9.17, 15) is 4.79 Å². The Hall–Kier alpha value is -1.42. The van der Waals surface area contributed by atoms with Crippen LogP contribution in [0.25, 0.3) is 0 Å². The lowest BCUT2D eigenvalue weighted by Crippen LogP contribution is -2.39. The van der Waals surface area contributed by atoms with Gasteiger partial charge in [-0.05, 0) is 31.9 Å². The van der Waals surface area contributed by atoms with Crippen molar-refractivity contribution in [2.24, 2.45) is 0 Å². The molecule has 1 fully saturated rings. The van der Waals surface area contributed by atoms with Gasteiger partial charge in [0.05, 0.1) is 17.8 Å². The number of nitrogens with one attached hydrogen (secondary N) is 1. The van der Waals surface area contributed by atoms with Crippen LogP contribution in [-0.4, -0.2) is 37.0 Å². The molecule has 1 amide bonds. The molecule has 0 aliphatic carbocycles. The quantitative estimate of drug-likeness (QED) is 0.923. The minimum Gasteiger partial charge on any atom is -0.497 e. The molecule has 1 aliphatic heterocycles. The number of hydrogen-bond acceptors (Lipinski definition) is 3. The van der Waals surface area contributed by atoms with E-state index in [0.29, 0.717) is 10.8 Å². The van der Waals surface area contributed by atoms with E-state index in [4.69, 9.17) is 16.3 Å². The zero-order valence-electron chi connectivity index (χ0n) is 11.3. The lowest BCUT2D eigenvalue weighted by molar-refractivity contribution is -0.130. The van der Waals surface area contributed by atoms with Crippen LogP contribution >= 0.6 is 11.6 Å². The standard InChI is InChI=1S/C14H19ClN2O2/c1-10(14(18)17-7-3-4-8-17)16-13-9-11(19-2)5-6-12(13)15/h5-6,9-10,16H,3-4,7-8H2,1-2H3. The molecule has 1 aromatic rings. The number of anilines is 1. The van der Waals surface area contributed by atoms with Crippen LogP contribution in [0.4, 0.5) is 5.69 Å². The number of methoxy groups -OCH3 is 1. The molecule has 0 spiro atoms. The van der Waals surface area contributed by atoms with Crippen molar-refractivity contribution in [2.75, 3.05) is 25.5 Å². The molecule has 104 valence electrons. The largest absolute Gasteiger partial charge is 0.497 e. The van der Waals surface area contributed by atoms with Gasteiger partial charge in [-0.3, -0.25) is 4.79 Å². The number of benzene rings is 1. The van der Waals surface area contributed by atoms with E-state index in [-0.39, 0.29) is 11.9 Å². The number of hydrogen-bond donors (Lipinski definition) is 1. The van der Waals surface area contributed by atoms with Crippen LogP contribution in [0.2, 0.25) is 5.02 Å². The molecule has 2 rings (SSSR count). The summed E-state index contributed by atoms with van der Waals surface area (Å²) < 4.78 is 5.16. The smallest absolute Gasteiger partial charge is 0.244 e. The molecule has 1 unspecified atom stereocenters. The van der Waals surface area contributed by atoms with Crippen molar-refractivity contribution in [1.29, 1.82) is 0 Å². The highest BCUT2D eigenvalue weighted by molar-refractivity contribution is 6.33. The summed E-state index contributed by atoms with van der Waals surface area (Å²) in [6.07, 6.45) is 2.19. The summed E-state index contributed by atoms with van der Waals surface area (Å²) in [5.41, 5.74) is 0.723. The fourth-order valence-corrected chi connectivity index (χ4v) is 2.42. The third-order valence-corrected chi connectivity index (χ3v) is 3.66. The molecule has 1 saturated heterocycles. The van der Waals surface area contributed by atoms with Gasteiger partial charge in [-0.2, -0.15) is 0 Å². The van der Waals surface area contributed by atoms with E-state index in [2.05, 4.69) is 5.32 Å². The molecular weight excluding hydrogens is 264 g/mol. The van der Waals surface area contributed by atoms with Gasteiger partial charge in [-0.1, -0.05) is 11.6 Å². The first-order chi connectivity index (χ1) is 9.11. The molecule has 0 radical (unpaired) electrons. The number of ether oxygens (including phenoxy) is 1. The molecule has 0 saturated carbocycles. The minimum atomic E-state index is -0.289. The van der Waals surface area contributed by atoms with Gasteiger partial charge in [0.1, 0.15) is 11.8 Å². The lowest BCUT2D eigenvalue weighted by Gasteiger charge is -2.22. The summed E-state index contributed by atoms with van der Waals surface area (Å²) in [4.78, 5) is 14.1. The van der Waals surface area contributed by atoms with E-state index < -0.39 is 0 Å². The van der Waals surface area contributed by atoms with Crippen LogP contribution in [-0.2, 0) is 4.79 Å². The second-order valence-electron chi connectivity index (χ2n) is 4.74. The van der Waals surface area contributed by atoms with Crippen molar-refractivity contribution in [3.8, 4) is 5.75 Å². The topological polar surface area (TPSA) is 41.6 Å². The predicted octanol–water partition coefficient (Wildman–Crippen LogP) is 2.77. The third kappa shape index (κ3) is 3.32. The summed E-state index contributed by atoms with van der Waals surface area (Å²) in [6.45, 7) is 3.57. The summed E-state index contributed by atoms with van der Waals surface area (Å²) in [5.74, 6) is 0.837. The summed E-state index contributed by atoms with van der Waals surface area (Å²) in [7, 11) is 1.60. The Morgan fingerprint density at radius 2 is 2.11 bits per heavy atom. The molecule has 5 heteroatoms. The molecule has 1 heterocycles. The number of rotatable bonds is 4. The summed E-state index contributed by atoms with van der Waals surface area (Å²) >= 11 is 6.12. The highest BCUT2D eigenvalue weighted by Crippen LogP contribution is 2.27. The average molecular weight is 283 g/mol. The van der Waals surface area contributed by atoms with E-state index in [0.717, 1.165) is 31.6 Å². The van der Waals surface area contributed by atoms with Gasteiger partial charge in [-0.25, -0.2) is 0 Å². The Labute approximate surface area is 118 Å². The Morgan fingerprint density at radius 3 is 2.74 bits per heavy atom. The molecule has 19 heavy (non-hydrogen) atoms. The molecule has 1 atom stereocenters. The normalized spacial score (nSPS) is 16.3. The Balaban J connectivity index is 2.05. The molecule has 0 aromatic heterocycles. The first kappa shape index (κ1) is 14.0. The second-order valence-corrected chi connectivity index (χ2v) is 5.15. The van der Waals surface area contributed by atoms with E-state index >= 15 is 0 Å². The van der Waals surface area contributed by atoms with Crippen LogP contribution in [0, 0.1) is 0 Å². The Kier molecular flexibility index (Phi) is 4.53. The number of carbonyl (C=O) groups excluding carboxylic acids is 1. The lowest BCUT2D eigenvalue weighted by atomic mass is 10.2. The van der Waals surface area contributed by atoms with Crippen molar-refractivity contribution in [1.82, 2.24) is 4.90 Å². The third-order valence-electron chi connectivity index (χ3n) is 3.33. The SMILES string of the molecule is COc1ccc(Cl)c(NC(C)C(=O)N2CCCC2)c1. The van der Waals surface area contributed by atoms with Crippen LogP contribution in [0.15, 0.2) is 18.2 Å². The van der Waals surface area contributed by atoms with Crippen LogP contribution in [0.1, 0.15) is 19.8 Å². The number of amides is 1. The van der Waals surface area contributed by atoms with Gasteiger partial charge in [0, 0.05) is 19.2 Å². The highest BCUT2D eigenvalue weighted by Gasteiger charge is 2.23. The van der Waals surface area contributed by atoms with Crippen LogP contribution in [0.3, 0.4) is 0 Å². The molecule has 4 nitrogen and oxygen atoms in total. The van der Waals surface area contributed by atoms with Gasteiger partial charge in [0.2, 0.25) is 5.91 Å². The Morgan fingerprint density at radius 1 is 1.42 bits per heavy atom. The van der Waals surface area contributed by atoms with E-state index in [1.807, 2.05) is 11.8 Å². The first-order valence-corrected chi connectivity index (χ1v) is 6.88. The van der Waals surface area contributed by atoms with Gasteiger partial charge < -0.3 is 15.0 Å². The summed E-state index contributed by atoms with van der Waals surface area (Å²) in [5, 5.41) is 3.74. The van der Waals surface area contributed by atoms with Crippen molar-refractivity contribution >= 4 is 23.2 Å². The van der Waals surface area contributed by atoms with Crippen molar-refractivity contribution in [3.05, 3.63) is 23.2 Å². The second kappa shape index (κ2) is 6.15. The molecule has 1 aliphatic rings. The average Bonchev–Trinajstić information content (AvgIpc) is 2.94.